The molecule has 0 heterocycles. The van der Waals surface area contributed by atoms with Crippen molar-refractivity contribution in [2.75, 3.05) is 30.9 Å². The fourth-order valence-corrected chi connectivity index (χ4v) is 1.33. The molecule has 0 saturated heterocycles. The summed E-state index contributed by atoms with van der Waals surface area (Å²) >= 11 is 0. The van der Waals surface area contributed by atoms with Crippen LogP contribution >= 0.6 is 0 Å². The molecular weight excluding hydrogens is 204 g/mol. The topological polar surface area (TPSA) is 55.6 Å². The molecule has 16 heavy (non-hydrogen) atoms. The fourth-order valence-electron chi connectivity index (χ4n) is 1.33. The molecule has 0 radical (unpaired) electrons. The van der Waals surface area contributed by atoms with Gasteiger partial charge in [-0.15, -0.1) is 0 Å². The van der Waals surface area contributed by atoms with Gasteiger partial charge in [0.1, 0.15) is 6.61 Å². The van der Waals surface area contributed by atoms with Gasteiger partial charge in [0, 0.05) is 13.7 Å². The van der Waals surface area contributed by atoms with Gasteiger partial charge >= 0.3 is 0 Å². The summed E-state index contributed by atoms with van der Waals surface area (Å²) in [4.78, 5) is 13.2. The highest BCUT2D eigenvalue weighted by Gasteiger charge is 2.12. The van der Waals surface area contributed by atoms with Gasteiger partial charge in [0.2, 0.25) is 0 Å². The van der Waals surface area contributed by atoms with E-state index in [2.05, 4.69) is 0 Å². The number of likely N-dealkylation sites (N-methyl/N-ethyl adjacent to an activating group) is 1. The maximum Gasteiger partial charge on any atom is 0.252 e. The molecule has 0 fully saturated rings. The standard InChI is InChI=1S/C12H18N2O2/c1-3-8-16-9-12(15)14(2)11-7-5-4-6-10(11)13/h4-7H,3,8-9,13H2,1-2H3. The Balaban J connectivity index is 2.60. The number of nitrogens with two attached hydrogens (primary N) is 1. The Hall–Kier alpha value is -1.55. The third kappa shape index (κ3) is 3.24. The van der Waals surface area contributed by atoms with Gasteiger partial charge in [0.05, 0.1) is 11.4 Å². The normalized spacial score (nSPS) is 10.1. The number of hydrogen-bond acceptors (Lipinski definition) is 3. The molecule has 0 aliphatic heterocycles. The van der Waals surface area contributed by atoms with Crippen molar-refractivity contribution in [2.24, 2.45) is 0 Å². The van der Waals surface area contributed by atoms with Crippen molar-refractivity contribution in [1.82, 2.24) is 0 Å². The maximum absolute atomic E-state index is 11.7. The lowest BCUT2D eigenvalue weighted by atomic mass is 10.2. The SMILES string of the molecule is CCCOCC(=O)N(C)c1ccccc1N. The number of nitrogen functional groups attached to an aromatic ring is 1. The molecule has 88 valence electrons. The van der Waals surface area contributed by atoms with Crippen molar-refractivity contribution < 1.29 is 9.53 Å². The third-order valence-electron chi connectivity index (χ3n) is 2.25. The monoisotopic (exact) mass is 222 g/mol. The van der Waals surface area contributed by atoms with Crippen molar-refractivity contribution in [2.45, 2.75) is 13.3 Å². The van der Waals surface area contributed by atoms with Crippen LogP contribution < -0.4 is 10.6 Å². The molecule has 0 saturated carbocycles. The summed E-state index contributed by atoms with van der Waals surface area (Å²) in [5.41, 5.74) is 7.09. The quantitative estimate of drug-likeness (QED) is 0.609. The van der Waals surface area contributed by atoms with Gasteiger partial charge in [-0.2, -0.15) is 0 Å². The predicted molar refractivity (Wildman–Crippen MR) is 65.4 cm³/mol. The van der Waals surface area contributed by atoms with Crippen LogP contribution in [0.2, 0.25) is 0 Å². The summed E-state index contributed by atoms with van der Waals surface area (Å²) in [5, 5.41) is 0. The number of carbonyl (C=O) groups is 1. The van der Waals surface area contributed by atoms with Crippen LogP contribution in [0.5, 0.6) is 0 Å². The van der Waals surface area contributed by atoms with Crippen molar-refractivity contribution in [3.8, 4) is 0 Å². The van der Waals surface area contributed by atoms with Crippen LogP contribution in [-0.4, -0.2) is 26.2 Å². The maximum atomic E-state index is 11.7. The molecule has 4 heteroatoms. The van der Waals surface area contributed by atoms with Crippen LogP contribution in [0.15, 0.2) is 24.3 Å². The number of rotatable bonds is 5. The fraction of sp³-hybridized carbons (Fsp3) is 0.417. The molecule has 1 rings (SSSR count). The molecule has 0 unspecified atom stereocenters. The summed E-state index contributed by atoms with van der Waals surface area (Å²) in [6, 6.07) is 7.27. The molecule has 1 aromatic carbocycles. The third-order valence-corrected chi connectivity index (χ3v) is 2.25. The Morgan fingerprint density at radius 2 is 2.12 bits per heavy atom. The van der Waals surface area contributed by atoms with Crippen LogP contribution in [-0.2, 0) is 9.53 Å². The number of hydrogen-bond donors (Lipinski definition) is 1. The number of anilines is 2. The zero-order chi connectivity index (χ0) is 12.0. The summed E-state index contributed by atoms with van der Waals surface area (Å²) in [6.07, 6.45) is 0.907. The minimum atomic E-state index is -0.0913. The van der Waals surface area contributed by atoms with E-state index in [1.807, 2.05) is 25.1 Å². The predicted octanol–water partition coefficient (Wildman–Crippen LogP) is 1.66. The largest absolute Gasteiger partial charge is 0.397 e. The summed E-state index contributed by atoms with van der Waals surface area (Å²) in [5.74, 6) is -0.0913. The molecule has 0 aromatic heterocycles. The van der Waals surface area contributed by atoms with E-state index in [4.69, 9.17) is 10.5 Å². The highest BCUT2D eigenvalue weighted by atomic mass is 16.5. The van der Waals surface area contributed by atoms with Gasteiger partial charge in [0.25, 0.3) is 5.91 Å². The number of carbonyl (C=O) groups excluding carboxylic acids is 1. The lowest BCUT2D eigenvalue weighted by Gasteiger charge is -2.18. The lowest BCUT2D eigenvalue weighted by molar-refractivity contribution is -0.122. The first kappa shape index (κ1) is 12.5. The van der Waals surface area contributed by atoms with Crippen LogP contribution in [0.4, 0.5) is 11.4 Å². The first-order valence-electron chi connectivity index (χ1n) is 5.35. The molecule has 0 aliphatic carbocycles. The van der Waals surface area contributed by atoms with Gasteiger partial charge in [0.15, 0.2) is 0 Å². The molecule has 2 N–H and O–H groups in total. The Kier molecular flexibility index (Phi) is 4.79. The first-order valence-corrected chi connectivity index (χ1v) is 5.35. The summed E-state index contributed by atoms with van der Waals surface area (Å²) in [7, 11) is 1.70. The molecular formula is C12H18N2O2. The first-order chi connectivity index (χ1) is 7.66. The van der Waals surface area contributed by atoms with Gasteiger partial charge < -0.3 is 15.4 Å². The number of ether oxygens (including phenoxy) is 1. The van der Waals surface area contributed by atoms with E-state index >= 15 is 0 Å². The second-order valence-electron chi connectivity index (χ2n) is 3.56. The zero-order valence-corrected chi connectivity index (χ0v) is 9.77. The number of amides is 1. The molecule has 1 aromatic rings. The second kappa shape index (κ2) is 6.12. The molecule has 1 amide bonds. The second-order valence-corrected chi connectivity index (χ2v) is 3.56. The highest BCUT2D eigenvalue weighted by Crippen LogP contribution is 2.20. The summed E-state index contributed by atoms with van der Waals surface area (Å²) < 4.78 is 5.20. The molecule has 4 nitrogen and oxygen atoms in total. The minimum Gasteiger partial charge on any atom is -0.397 e. The van der Waals surface area contributed by atoms with Gasteiger partial charge in [-0.3, -0.25) is 4.79 Å². The average Bonchev–Trinajstić information content (AvgIpc) is 2.29. The highest BCUT2D eigenvalue weighted by molar-refractivity contribution is 5.96. The van der Waals surface area contributed by atoms with Crippen LogP contribution in [0.3, 0.4) is 0 Å². The average molecular weight is 222 g/mol. The smallest absolute Gasteiger partial charge is 0.252 e. The van der Waals surface area contributed by atoms with Gasteiger partial charge in [-0.25, -0.2) is 0 Å². The van der Waals surface area contributed by atoms with E-state index in [0.29, 0.717) is 18.0 Å². The molecule has 0 atom stereocenters. The van der Waals surface area contributed by atoms with Crippen molar-refractivity contribution in [1.29, 1.82) is 0 Å². The lowest BCUT2D eigenvalue weighted by Crippen LogP contribution is -2.30. The van der Waals surface area contributed by atoms with E-state index in [-0.39, 0.29) is 12.5 Å². The van der Waals surface area contributed by atoms with E-state index in [0.717, 1.165) is 6.42 Å². The van der Waals surface area contributed by atoms with Crippen LogP contribution in [0, 0.1) is 0 Å². The Labute approximate surface area is 96.0 Å². The Morgan fingerprint density at radius 1 is 1.44 bits per heavy atom. The molecule has 0 spiro atoms. The van der Waals surface area contributed by atoms with E-state index < -0.39 is 0 Å². The van der Waals surface area contributed by atoms with Gasteiger partial charge in [-0.05, 0) is 18.6 Å². The van der Waals surface area contributed by atoms with E-state index in [1.54, 1.807) is 13.1 Å². The molecule has 0 aliphatic rings. The van der Waals surface area contributed by atoms with E-state index in [1.165, 1.54) is 4.90 Å². The van der Waals surface area contributed by atoms with Gasteiger partial charge in [-0.1, -0.05) is 19.1 Å². The van der Waals surface area contributed by atoms with E-state index in [9.17, 15) is 4.79 Å². The zero-order valence-electron chi connectivity index (χ0n) is 9.77. The van der Waals surface area contributed by atoms with Crippen molar-refractivity contribution in [3.63, 3.8) is 0 Å². The number of benzene rings is 1. The summed E-state index contributed by atoms with van der Waals surface area (Å²) in [6.45, 7) is 2.70. The number of nitrogens with zero attached hydrogens (tertiary/aromatic N) is 1. The molecule has 0 bridgehead atoms. The Bertz CT molecular complexity index is 353. The van der Waals surface area contributed by atoms with Crippen LogP contribution in [0.25, 0.3) is 0 Å². The van der Waals surface area contributed by atoms with Crippen LogP contribution in [0.1, 0.15) is 13.3 Å². The van der Waals surface area contributed by atoms with Crippen molar-refractivity contribution in [3.05, 3.63) is 24.3 Å². The number of para-hydroxylation sites is 2. The Morgan fingerprint density at radius 3 is 2.75 bits per heavy atom. The van der Waals surface area contributed by atoms with Crippen molar-refractivity contribution >= 4 is 17.3 Å². The minimum absolute atomic E-state index is 0.0913.